The molecule has 2 aromatic carbocycles. The molecule has 0 saturated carbocycles. The van der Waals surface area contributed by atoms with Crippen LogP contribution < -0.4 is 4.74 Å². The third-order valence-electron chi connectivity index (χ3n) is 2.89. The molecule has 0 fully saturated rings. The maximum Gasteiger partial charge on any atom is 0.125 e. The number of rotatable bonds is 6. The fourth-order valence-corrected chi connectivity index (χ4v) is 2.73. The van der Waals surface area contributed by atoms with Gasteiger partial charge < -0.3 is 9.47 Å². The summed E-state index contributed by atoms with van der Waals surface area (Å²) in [5.74, 6) is 0.547. The molecule has 1 aromatic heterocycles. The Labute approximate surface area is 131 Å². The van der Waals surface area contributed by atoms with Crippen molar-refractivity contribution in [3.05, 3.63) is 65.6 Å². The smallest absolute Gasteiger partial charge is 0.125 e. The summed E-state index contributed by atoms with van der Waals surface area (Å²) < 4.78 is 24.9. The summed E-state index contributed by atoms with van der Waals surface area (Å²) in [6, 6.07) is 14.2. The fraction of sp³-hybridized carbons (Fsp3) is 0.118. The first-order valence-electron chi connectivity index (χ1n) is 6.83. The second-order valence-corrected chi connectivity index (χ2v) is 5.56. The quantitative estimate of drug-likeness (QED) is 0.496. The van der Waals surface area contributed by atoms with Crippen molar-refractivity contribution in [3.63, 3.8) is 0 Å². The molecule has 0 spiro atoms. The Balaban J connectivity index is 1.47. The Morgan fingerprint density at radius 1 is 1.09 bits per heavy atom. The van der Waals surface area contributed by atoms with Crippen LogP contribution in [-0.2, 0) is 4.74 Å². The Hall–Kier alpha value is -2.40. The third-order valence-corrected chi connectivity index (χ3v) is 3.89. The van der Waals surface area contributed by atoms with Crippen LogP contribution in [0.25, 0.3) is 16.3 Å². The molecule has 0 atom stereocenters. The van der Waals surface area contributed by atoms with E-state index in [1.54, 1.807) is 18.4 Å². The average Bonchev–Trinajstić information content (AvgIpc) is 2.93. The van der Waals surface area contributed by atoms with E-state index in [0.29, 0.717) is 18.7 Å². The standard InChI is InChI=1S/C17H14FNO2S/c18-13-6-7-16-15(12-13)19-17(22-16)8-9-20-10-11-21-14-4-2-1-3-5-14/h1-9,12H,10-11H2. The van der Waals surface area contributed by atoms with Gasteiger partial charge in [-0.2, -0.15) is 0 Å². The number of thiazole rings is 1. The summed E-state index contributed by atoms with van der Waals surface area (Å²) in [5, 5.41) is 0.782. The molecule has 3 rings (SSSR count). The van der Waals surface area contributed by atoms with Gasteiger partial charge in [-0.1, -0.05) is 18.2 Å². The molecule has 1 heterocycles. The lowest BCUT2D eigenvalue weighted by atomic mass is 10.3. The van der Waals surface area contributed by atoms with Crippen LogP contribution in [0.2, 0.25) is 0 Å². The maximum atomic E-state index is 13.1. The normalized spacial score (nSPS) is 11.1. The molecule has 22 heavy (non-hydrogen) atoms. The van der Waals surface area contributed by atoms with Crippen LogP contribution in [0.5, 0.6) is 5.75 Å². The van der Waals surface area contributed by atoms with E-state index in [4.69, 9.17) is 9.47 Å². The molecule has 3 aromatic rings. The minimum absolute atomic E-state index is 0.275. The first-order chi connectivity index (χ1) is 10.8. The van der Waals surface area contributed by atoms with Crippen LogP contribution in [-0.4, -0.2) is 18.2 Å². The Morgan fingerprint density at radius 2 is 1.95 bits per heavy atom. The Kier molecular flexibility index (Phi) is 4.65. The van der Waals surface area contributed by atoms with Gasteiger partial charge in [-0.3, -0.25) is 0 Å². The number of benzene rings is 2. The summed E-state index contributed by atoms with van der Waals surface area (Å²) in [6.45, 7) is 0.921. The lowest BCUT2D eigenvalue weighted by molar-refractivity contribution is 0.180. The number of ether oxygens (including phenoxy) is 2. The van der Waals surface area contributed by atoms with Gasteiger partial charge in [-0.15, -0.1) is 11.3 Å². The fourth-order valence-electron chi connectivity index (χ4n) is 1.89. The van der Waals surface area contributed by atoms with Crippen molar-refractivity contribution in [2.45, 2.75) is 0 Å². The van der Waals surface area contributed by atoms with E-state index in [1.165, 1.54) is 23.5 Å². The molecule has 0 saturated heterocycles. The lowest BCUT2D eigenvalue weighted by Crippen LogP contribution is -2.03. The molecule has 5 heteroatoms. The number of hydrogen-bond acceptors (Lipinski definition) is 4. The minimum Gasteiger partial charge on any atom is -0.498 e. The molecule has 0 aliphatic rings. The molecule has 0 bridgehead atoms. The van der Waals surface area contributed by atoms with Gasteiger partial charge in [0.15, 0.2) is 0 Å². The average molecular weight is 315 g/mol. The number of fused-ring (bicyclic) bond motifs is 1. The van der Waals surface area contributed by atoms with Crippen molar-refractivity contribution in [2.75, 3.05) is 13.2 Å². The van der Waals surface area contributed by atoms with E-state index in [9.17, 15) is 4.39 Å². The van der Waals surface area contributed by atoms with Crippen LogP contribution in [0, 0.1) is 5.82 Å². The van der Waals surface area contributed by atoms with Crippen molar-refractivity contribution in [1.29, 1.82) is 0 Å². The van der Waals surface area contributed by atoms with Crippen LogP contribution in [0.15, 0.2) is 54.8 Å². The second kappa shape index (κ2) is 7.04. The van der Waals surface area contributed by atoms with E-state index >= 15 is 0 Å². The number of halogens is 1. The van der Waals surface area contributed by atoms with E-state index in [2.05, 4.69) is 4.98 Å². The number of nitrogens with zero attached hydrogens (tertiary/aromatic N) is 1. The van der Waals surface area contributed by atoms with Gasteiger partial charge in [0.25, 0.3) is 0 Å². The van der Waals surface area contributed by atoms with Gasteiger partial charge in [-0.05, 0) is 24.3 Å². The maximum absolute atomic E-state index is 13.1. The first-order valence-corrected chi connectivity index (χ1v) is 7.65. The van der Waals surface area contributed by atoms with E-state index < -0.39 is 0 Å². The first kappa shape index (κ1) is 14.5. The molecule has 0 N–H and O–H groups in total. The van der Waals surface area contributed by atoms with Gasteiger partial charge >= 0.3 is 0 Å². The summed E-state index contributed by atoms with van der Waals surface area (Å²) in [5.41, 5.74) is 0.664. The highest BCUT2D eigenvalue weighted by molar-refractivity contribution is 7.19. The molecular formula is C17H14FNO2S. The molecule has 0 radical (unpaired) electrons. The monoisotopic (exact) mass is 315 g/mol. The van der Waals surface area contributed by atoms with Crippen molar-refractivity contribution < 1.29 is 13.9 Å². The molecule has 0 unspecified atom stereocenters. The highest BCUT2D eigenvalue weighted by atomic mass is 32.1. The highest BCUT2D eigenvalue weighted by Crippen LogP contribution is 2.23. The zero-order valence-corrected chi connectivity index (χ0v) is 12.6. The summed E-state index contributed by atoms with van der Waals surface area (Å²) in [6.07, 6.45) is 3.35. The SMILES string of the molecule is Fc1ccc2sc(C=COCCOc3ccccc3)nc2c1. The van der Waals surface area contributed by atoms with Crippen molar-refractivity contribution in [2.24, 2.45) is 0 Å². The molecule has 3 nitrogen and oxygen atoms in total. The van der Waals surface area contributed by atoms with Crippen molar-refractivity contribution >= 4 is 27.6 Å². The molecule has 0 amide bonds. The molecule has 0 aliphatic carbocycles. The number of aromatic nitrogens is 1. The lowest BCUT2D eigenvalue weighted by Gasteiger charge is -2.04. The van der Waals surface area contributed by atoms with E-state index in [-0.39, 0.29) is 5.82 Å². The number of hydrogen-bond donors (Lipinski definition) is 0. The van der Waals surface area contributed by atoms with Crippen LogP contribution >= 0.6 is 11.3 Å². The second-order valence-electron chi connectivity index (χ2n) is 4.50. The van der Waals surface area contributed by atoms with Gasteiger partial charge in [0.1, 0.15) is 29.8 Å². The molecule has 0 aliphatic heterocycles. The van der Waals surface area contributed by atoms with Crippen LogP contribution in [0.4, 0.5) is 4.39 Å². The highest BCUT2D eigenvalue weighted by Gasteiger charge is 2.02. The topological polar surface area (TPSA) is 31.4 Å². The molecular weight excluding hydrogens is 301 g/mol. The third kappa shape index (κ3) is 3.83. The van der Waals surface area contributed by atoms with Gasteiger partial charge in [-0.25, -0.2) is 9.37 Å². The summed E-state index contributed by atoms with van der Waals surface area (Å²) in [4.78, 5) is 4.32. The van der Waals surface area contributed by atoms with Crippen LogP contribution in [0.1, 0.15) is 5.01 Å². The summed E-state index contributed by atoms with van der Waals surface area (Å²) >= 11 is 1.49. The predicted octanol–water partition coefficient (Wildman–Crippen LogP) is 4.50. The largest absolute Gasteiger partial charge is 0.498 e. The Morgan fingerprint density at radius 3 is 2.82 bits per heavy atom. The van der Waals surface area contributed by atoms with Crippen LogP contribution in [0.3, 0.4) is 0 Å². The van der Waals surface area contributed by atoms with E-state index in [0.717, 1.165) is 15.5 Å². The van der Waals surface area contributed by atoms with Gasteiger partial charge in [0.05, 0.1) is 16.5 Å². The van der Waals surface area contributed by atoms with Gasteiger partial charge in [0.2, 0.25) is 0 Å². The summed E-state index contributed by atoms with van der Waals surface area (Å²) in [7, 11) is 0. The van der Waals surface area contributed by atoms with E-state index in [1.807, 2.05) is 30.3 Å². The predicted molar refractivity (Wildman–Crippen MR) is 86.5 cm³/mol. The molecule has 112 valence electrons. The van der Waals surface area contributed by atoms with Crippen molar-refractivity contribution in [1.82, 2.24) is 4.98 Å². The zero-order chi connectivity index (χ0) is 15.2. The van der Waals surface area contributed by atoms with Crippen molar-refractivity contribution in [3.8, 4) is 5.75 Å². The number of para-hydroxylation sites is 1. The zero-order valence-electron chi connectivity index (χ0n) is 11.7. The van der Waals surface area contributed by atoms with Gasteiger partial charge in [0, 0.05) is 12.1 Å². The Bertz CT molecular complexity index is 771. The minimum atomic E-state index is -0.275.